The van der Waals surface area contributed by atoms with Gasteiger partial charge in [0.15, 0.2) is 5.69 Å². The molecule has 0 spiro atoms. The van der Waals surface area contributed by atoms with E-state index in [1.165, 1.54) is 0 Å². The van der Waals surface area contributed by atoms with Crippen LogP contribution in [0.4, 0.5) is 0 Å². The van der Waals surface area contributed by atoms with Crippen molar-refractivity contribution >= 4 is 5.91 Å². The minimum atomic E-state index is -0.490. The van der Waals surface area contributed by atoms with Crippen LogP contribution in [0.2, 0.25) is 0 Å². The summed E-state index contributed by atoms with van der Waals surface area (Å²) in [5.41, 5.74) is 6.55. The van der Waals surface area contributed by atoms with Gasteiger partial charge in [0.25, 0.3) is 5.91 Å². The van der Waals surface area contributed by atoms with Crippen LogP contribution in [0.25, 0.3) is 0 Å². The number of nitrogens with zero attached hydrogens (tertiary/aromatic N) is 3. The first-order chi connectivity index (χ1) is 8.34. The van der Waals surface area contributed by atoms with E-state index in [4.69, 9.17) is 5.73 Å². The second-order valence-corrected chi connectivity index (χ2v) is 5.61. The fourth-order valence-electron chi connectivity index (χ4n) is 1.77. The lowest BCUT2D eigenvalue weighted by Gasteiger charge is -2.18. The predicted molar refractivity (Wildman–Crippen MR) is 71.2 cm³/mol. The second-order valence-electron chi connectivity index (χ2n) is 5.61. The molecule has 102 valence electrons. The molecule has 0 saturated heterocycles. The zero-order valence-corrected chi connectivity index (χ0v) is 12.0. The van der Waals surface area contributed by atoms with Crippen LogP contribution in [-0.2, 0) is 6.42 Å². The lowest BCUT2D eigenvalue weighted by atomic mass is 10.0. The highest BCUT2D eigenvalue weighted by Crippen LogP contribution is 2.21. The third-order valence-corrected chi connectivity index (χ3v) is 3.33. The van der Waals surface area contributed by atoms with Gasteiger partial charge in [0.05, 0.1) is 11.7 Å². The number of hydrogen-bond acceptors (Lipinski definition) is 3. The molecule has 0 aliphatic heterocycles. The van der Waals surface area contributed by atoms with Crippen LogP contribution < -0.4 is 5.73 Å². The van der Waals surface area contributed by atoms with Crippen LogP contribution in [0.5, 0.6) is 0 Å². The molecule has 0 aromatic carbocycles. The third-order valence-electron chi connectivity index (χ3n) is 3.33. The molecular weight excluding hydrogens is 228 g/mol. The molecule has 0 saturated carbocycles. The molecular formula is C13H24N4O. The van der Waals surface area contributed by atoms with Crippen molar-refractivity contribution in [1.29, 1.82) is 0 Å². The Labute approximate surface area is 109 Å². The molecule has 1 amide bonds. The second kappa shape index (κ2) is 5.98. The monoisotopic (exact) mass is 252 g/mol. The summed E-state index contributed by atoms with van der Waals surface area (Å²) in [5.74, 6) is 0.518. The van der Waals surface area contributed by atoms with E-state index >= 15 is 0 Å². The van der Waals surface area contributed by atoms with Gasteiger partial charge in [-0.3, -0.25) is 4.79 Å². The molecule has 0 bridgehead atoms. The maximum absolute atomic E-state index is 11.4. The van der Waals surface area contributed by atoms with E-state index in [9.17, 15) is 4.79 Å². The summed E-state index contributed by atoms with van der Waals surface area (Å²) in [6.07, 6.45) is 1.79. The van der Waals surface area contributed by atoms with Crippen LogP contribution >= 0.6 is 0 Å². The quantitative estimate of drug-likeness (QED) is 0.843. The molecule has 5 heteroatoms. The van der Waals surface area contributed by atoms with E-state index in [1.807, 2.05) is 4.68 Å². The standard InChI is InChI=1S/C13H24N4O/c1-8(2)6-7-11-12(13(14)18)15-16-17(11)10(5)9(3)4/h8-10H,6-7H2,1-5H3,(H2,14,18). The highest BCUT2D eigenvalue weighted by atomic mass is 16.1. The molecule has 1 rings (SSSR count). The number of aromatic nitrogens is 3. The first kappa shape index (κ1) is 14.7. The van der Waals surface area contributed by atoms with Crippen LogP contribution in [-0.4, -0.2) is 20.9 Å². The van der Waals surface area contributed by atoms with Gasteiger partial charge in [-0.1, -0.05) is 32.9 Å². The van der Waals surface area contributed by atoms with Gasteiger partial charge in [0, 0.05) is 0 Å². The summed E-state index contributed by atoms with van der Waals surface area (Å²) in [7, 11) is 0. The van der Waals surface area contributed by atoms with Gasteiger partial charge in [-0.15, -0.1) is 5.10 Å². The van der Waals surface area contributed by atoms with Crippen molar-refractivity contribution in [3.05, 3.63) is 11.4 Å². The zero-order chi connectivity index (χ0) is 13.9. The highest BCUT2D eigenvalue weighted by molar-refractivity contribution is 5.91. The minimum absolute atomic E-state index is 0.216. The molecule has 1 unspecified atom stereocenters. The Morgan fingerprint density at radius 3 is 2.33 bits per heavy atom. The first-order valence-corrected chi connectivity index (χ1v) is 6.58. The SMILES string of the molecule is CC(C)CCc1c(C(N)=O)nnn1C(C)C(C)C. The van der Waals surface area contributed by atoms with Crippen molar-refractivity contribution in [3.8, 4) is 0 Å². The Kier molecular flexibility index (Phi) is 4.87. The average Bonchev–Trinajstić information content (AvgIpc) is 2.68. The number of amides is 1. The predicted octanol–water partition coefficient (Wildman–Crippen LogP) is 2.18. The smallest absolute Gasteiger partial charge is 0.271 e. The Morgan fingerprint density at radius 1 is 1.28 bits per heavy atom. The number of primary amides is 1. The van der Waals surface area contributed by atoms with Crippen LogP contribution in [0, 0.1) is 11.8 Å². The fourth-order valence-corrected chi connectivity index (χ4v) is 1.77. The molecule has 1 heterocycles. The molecule has 5 nitrogen and oxygen atoms in total. The maximum atomic E-state index is 11.4. The van der Waals surface area contributed by atoms with E-state index in [0.29, 0.717) is 17.5 Å². The number of hydrogen-bond donors (Lipinski definition) is 1. The Hall–Kier alpha value is -1.39. The van der Waals surface area contributed by atoms with Gasteiger partial charge >= 0.3 is 0 Å². The molecule has 2 N–H and O–H groups in total. The molecule has 0 fully saturated rings. The Balaban J connectivity index is 3.06. The van der Waals surface area contributed by atoms with Gasteiger partial charge in [-0.2, -0.15) is 0 Å². The molecule has 0 aliphatic carbocycles. The van der Waals surface area contributed by atoms with E-state index in [1.54, 1.807) is 0 Å². The van der Waals surface area contributed by atoms with Crippen molar-refractivity contribution in [3.63, 3.8) is 0 Å². The largest absolute Gasteiger partial charge is 0.364 e. The molecule has 1 aromatic rings. The lowest BCUT2D eigenvalue weighted by Crippen LogP contribution is -2.19. The van der Waals surface area contributed by atoms with Gasteiger partial charge < -0.3 is 5.73 Å². The van der Waals surface area contributed by atoms with Gasteiger partial charge in [0.1, 0.15) is 0 Å². The lowest BCUT2D eigenvalue weighted by molar-refractivity contribution is 0.0994. The van der Waals surface area contributed by atoms with Crippen molar-refractivity contribution in [1.82, 2.24) is 15.0 Å². The van der Waals surface area contributed by atoms with Gasteiger partial charge in [0.2, 0.25) is 0 Å². The maximum Gasteiger partial charge on any atom is 0.271 e. The topological polar surface area (TPSA) is 73.8 Å². The third kappa shape index (κ3) is 3.31. The Bertz CT molecular complexity index is 409. The van der Waals surface area contributed by atoms with E-state index in [0.717, 1.165) is 18.5 Å². The van der Waals surface area contributed by atoms with Crippen LogP contribution in [0.3, 0.4) is 0 Å². The zero-order valence-electron chi connectivity index (χ0n) is 12.0. The summed E-state index contributed by atoms with van der Waals surface area (Å²) in [6, 6.07) is 0.216. The average molecular weight is 252 g/mol. The van der Waals surface area contributed by atoms with E-state index in [2.05, 4.69) is 44.9 Å². The van der Waals surface area contributed by atoms with Crippen LogP contribution in [0.15, 0.2) is 0 Å². The van der Waals surface area contributed by atoms with E-state index < -0.39 is 5.91 Å². The van der Waals surface area contributed by atoms with E-state index in [-0.39, 0.29) is 6.04 Å². The molecule has 1 aromatic heterocycles. The van der Waals surface area contributed by atoms with Crippen molar-refractivity contribution in [2.45, 2.75) is 53.5 Å². The summed E-state index contributed by atoms with van der Waals surface area (Å²) in [5, 5.41) is 8.04. The Morgan fingerprint density at radius 2 is 1.89 bits per heavy atom. The number of rotatable bonds is 6. The number of carbonyl (C=O) groups excluding carboxylic acids is 1. The summed E-state index contributed by atoms with van der Waals surface area (Å²) in [4.78, 5) is 11.4. The molecule has 0 radical (unpaired) electrons. The summed E-state index contributed by atoms with van der Waals surface area (Å²) >= 11 is 0. The number of nitrogens with two attached hydrogens (primary N) is 1. The van der Waals surface area contributed by atoms with Crippen molar-refractivity contribution in [2.75, 3.05) is 0 Å². The normalized spacial score (nSPS) is 13.3. The fraction of sp³-hybridized carbons (Fsp3) is 0.769. The van der Waals surface area contributed by atoms with Crippen molar-refractivity contribution in [2.24, 2.45) is 17.6 Å². The summed E-state index contributed by atoms with van der Waals surface area (Å²) in [6.45, 7) is 10.7. The van der Waals surface area contributed by atoms with Crippen LogP contribution in [0.1, 0.15) is 63.3 Å². The van der Waals surface area contributed by atoms with Gasteiger partial charge in [-0.05, 0) is 31.6 Å². The number of carbonyl (C=O) groups is 1. The summed E-state index contributed by atoms with van der Waals surface area (Å²) < 4.78 is 1.85. The first-order valence-electron chi connectivity index (χ1n) is 6.58. The van der Waals surface area contributed by atoms with Crippen molar-refractivity contribution < 1.29 is 4.79 Å². The minimum Gasteiger partial charge on any atom is -0.364 e. The molecule has 1 atom stereocenters. The molecule has 18 heavy (non-hydrogen) atoms. The van der Waals surface area contributed by atoms with Gasteiger partial charge in [-0.25, -0.2) is 4.68 Å². The highest BCUT2D eigenvalue weighted by Gasteiger charge is 2.21. The molecule has 0 aliphatic rings.